The Hall–Kier alpha value is 0.790. The van der Waals surface area contributed by atoms with Crippen LogP contribution in [0.25, 0.3) is 0 Å². The van der Waals surface area contributed by atoms with Crippen LogP contribution in [-0.2, 0) is 25.8 Å². The summed E-state index contributed by atoms with van der Waals surface area (Å²) < 4.78 is 0. The van der Waals surface area contributed by atoms with Gasteiger partial charge in [-0.3, -0.25) is 0 Å². The number of rotatable bonds is 2. The molecule has 0 bridgehead atoms. The van der Waals surface area contributed by atoms with Crippen molar-refractivity contribution in [3.8, 4) is 0 Å². The molecule has 2 aliphatic rings. The smallest absolute Gasteiger partial charge is 1.00 e. The van der Waals surface area contributed by atoms with Gasteiger partial charge in [-0.05, 0) is 19.3 Å². The predicted octanol–water partition coefficient (Wildman–Crippen LogP) is -2.85. The minimum absolute atomic E-state index is 0. The van der Waals surface area contributed by atoms with Crippen molar-refractivity contribution < 1.29 is 59.8 Å². The van der Waals surface area contributed by atoms with Gasteiger partial charge in [0.25, 0.3) is 0 Å². The van der Waals surface area contributed by atoms with Crippen molar-refractivity contribution in [2.45, 2.75) is 19.3 Å². The van der Waals surface area contributed by atoms with Crippen molar-refractivity contribution in [3.63, 3.8) is 0 Å². The summed E-state index contributed by atoms with van der Waals surface area (Å²) in [6.45, 7) is 0. The van der Waals surface area contributed by atoms with E-state index in [0.717, 1.165) is 12.8 Å². The van der Waals surface area contributed by atoms with E-state index in [0.29, 0.717) is 0 Å². The van der Waals surface area contributed by atoms with Crippen molar-refractivity contribution in [1.82, 2.24) is 0 Å². The molecule has 0 saturated heterocycles. The van der Waals surface area contributed by atoms with Crippen LogP contribution in [-0.4, -0.2) is 0 Å². The van der Waals surface area contributed by atoms with Gasteiger partial charge in [0.1, 0.15) is 0 Å². The molecule has 14 heavy (non-hydrogen) atoms. The van der Waals surface area contributed by atoms with Crippen molar-refractivity contribution in [2.24, 2.45) is 0 Å². The van der Waals surface area contributed by atoms with Crippen LogP contribution in [0.1, 0.15) is 19.3 Å². The molecule has 3 heteroatoms. The van der Waals surface area contributed by atoms with Gasteiger partial charge in [-0.1, -0.05) is 47.6 Å². The van der Waals surface area contributed by atoms with Gasteiger partial charge >= 0.3 is 25.8 Å². The Morgan fingerprint density at radius 2 is 1.29 bits per heavy atom. The van der Waals surface area contributed by atoms with Crippen LogP contribution in [0.3, 0.4) is 0 Å². The monoisotopic (exact) mass is 482 g/mol. The Bertz CT molecular complexity index is 247. The fourth-order valence-electron chi connectivity index (χ4n) is 1.54. The number of halogens is 2. The van der Waals surface area contributed by atoms with Gasteiger partial charge in [0.2, 0.25) is 0 Å². The van der Waals surface area contributed by atoms with Crippen LogP contribution < -0.4 is 34.0 Å². The van der Waals surface area contributed by atoms with Crippen LogP contribution in [0.4, 0.5) is 0 Å². The average molecular weight is 483 g/mol. The molecule has 74 valence electrons. The maximum absolute atomic E-state index is 2.24. The molecule has 0 heterocycles. The normalized spacial score (nSPS) is 16.3. The minimum atomic E-state index is 0. The predicted molar refractivity (Wildman–Crippen MR) is 48.3 cm³/mol. The van der Waals surface area contributed by atoms with Gasteiger partial charge in [-0.15, -0.1) is 0 Å². The molecular formula is C11H12Br2Hf. The molecule has 0 N–H and O–H groups in total. The second-order valence-corrected chi connectivity index (χ2v) is 3.09. The molecule has 0 aromatic heterocycles. The first-order chi connectivity index (χ1) is 5.45. The first-order valence-corrected chi connectivity index (χ1v) is 4.14. The third-order valence-corrected chi connectivity index (χ3v) is 2.15. The first kappa shape index (κ1) is 17.2. The molecule has 0 aliphatic heterocycles. The van der Waals surface area contributed by atoms with E-state index in [9.17, 15) is 0 Å². The Kier molecular flexibility index (Phi) is 11.1. The second-order valence-electron chi connectivity index (χ2n) is 3.09. The maximum Gasteiger partial charge on any atom is 2.00 e. The van der Waals surface area contributed by atoms with Gasteiger partial charge in [0.15, 0.2) is 0 Å². The number of hydrogen-bond acceptors (Lipinski definition) is 0. The molecule has 0 unspecified atom stereocenters. The molecule has 0 aromatic rings. The second kappa shape index (κ2) is 9.05. The van der Waals surface area contributed by atoms with E-state index in [-0.39, 0.29) is 59.8 Å². The molecule has 0 amide bonds. The Labute approximate surface area is 126 Å². The summed E-state index contributed by atoms with van der Waals surface area (Å²) in [6.07, 6.45) is 16.7. The summed E-state index contributed by atoms with van der Waals surface area (Å²) in [5.74, 6) is 0. The largest absolute Gasteiger partial charge is 2.00 e. The van der Waals surface area contributed by atoms with E-state index in [2.05, 4.69) is 36.5 Å². The molecule has 2 rings (SSSR count). The van der Waals surface area contributed by atoms with E-state index < -0.39 is 0 Å². The Morgan fingerprint density at radius 3 is 1.57 bits per heavy atom. The van der Waals surface area contributed by atoms with E-state index in [4.69, 9.17) is 0 Å². The van der Waals surface area contributed by atoms with Crippen molar-refractivity contribution in [3.05, 3.63) is 47.6 Å². The fraction of sp³-hybridized carbons (Fsp3) is 0.273. The van der Waals surface area contributed by atoms with Gasteiger partial charge < -0.3 is 34.0 Å². The van der Waals surface area contributed by atoms with Crippen molar-refractivity contribution >= 4 is 0 Å². The minimum Gasteiger partial charge on any atom is -1.00 e. The van der Waals surface area contributed by atoms with Gasteiger partial charge in [-0.2, -0.15) is 0 Å². The van der Waals surface area contributed by atoms with E-state index in [1.54, 1.807) is 11.1 Å². The summed E-state index contributed by atoms with van der Waals surface area (Å²) in [5, 5.41) is 0. The quantitative estimate of drug-likeness (QED) is 0.372. The molecular weight excluding hydrogens is 470 g/mol. The number of hydrogen-bond donors (Lipinski definition) is 0. The molecule has 0 nitrogen and oxygen atoms in total. The van der Waals surface area contributed by atoms with E-state index in [1.807, 2.05) is 0 Å². The summed E-state index contributed by atoms with van der Waals surface area (Å²) >= 11 is 0. The van der Waals surface area contributed by atoms with E-state index in [1.165, 1.54) is 6.42 Å². The zero-order chi connectivity index (χ0) is 7.52. The third kappa shape index (κ3) is 5.04. The van der Waals surface area contributed by atoms with Gasteiger partial charge in [-0.25, -0.2) is 0 Å². The zero-order valence-corrected chi connectivity index (χ0v) is 14.6. The van der Waals surface area contributed by atoms with Gasteiger partial charge in [0, 0.05) is 0 Å². The topological polar surface area (TPSA) is 0 Å². The van der Waals surface area contributed by atoms with Crippen LogP contribution >= 0.6 is 0 Å². The van der Waals surface area contributed by atoms with E-state index >= 15 is 0 Å². The van der Waals surface area contributed by atoms with Crippen LogP contribution in [0.15, 0.2) is 47.6 Å². The standard InChI is InChI=1S/C11H12.2BrH.Hf/c1-2-6-10(5-1)9-11-7-3-4-8-11;;;/h1-5,7H,6,8-9H2;2*1H;/q;;;+2/p-2. The van der Waals surface area contributed by atoms with Crippen LogP contribution in [0.2, 0.25) is 0 Å². The average Bonchev–Trinajstić information content (AvgIpc) is 2.60. The van der Waals surface area contributed by atoms with Crippen LogP contribution in [0.5, 0.6) is 0 Å². The summed E-state index contributed by atoms with van der Waals surface area (Å²) in [6, 6.07) is 0. The summed E-state index contributed by atoms with van der Waals surface area (Å²) in [5.41, 5.74) is 3.11. The SMILES string of the molecule is C1=CCC(CC2=CC=CC2)=C1.[Br-].[Br-].[Hf+2]. The van der Waals surface area contributed by atoms with Crippen molar-refractivity contribution in [1.29, 1.82) is 0 Å². The molecule has 0 radical (unpaired) electrons. The molecule has 0 saturated carbocycles. The molecule has 0 spiro atoms. The first-order valence-electron chi connectivity index (χ1n) is 4.14. The van der Waals surface area contributed by atoms with Gasteiger partial charge in [0.05, 0.1) is 0 Å². The zero-order valence-electron chi connectivity index (χ0n) is 7.84. The molecule has 0 fully saturated rings. The summed E-state index contributed by atoms with van der Waals surface area (Å²) in [4.78, 5) is 0. The maximum atomic E-state index is 2.24. The van der Waals surface area contributed by atoms with Crippen LogP contribution in [0, 0.1) is 0 Å². The Morgan fingerprint density at radius 1 is 0.857 bits per heavy atom. The van der Waals surface area contributed by atoms with Crippen molar-refractivity contribution in [2.75, 3.05) is 0 Å². The molecule has 0 atom stereocenters. The third-order valence-electron chi connectivity index (χ3n) is 2.15. The Balaban J connectivity index is 0. The molecule has 0 aromatic carbocycles. The molecule has 2 aliphatic carbocycles. The fourth-order valence-corrected chi connectivity index (χ4v) is 1.54. The number of allylic oxidation sites excluding steroid dienone is 8. The summed E-state index contributed by atoms with van der Waals surface area (Å²) in [7, 11) is 0.